The number of methoxy groups -OCH3 is 1. The summed E-state index contributed by atoms with van der Waals surface area (Å²) >= 11 is 0. The molecule has 0 radical (unpaired) electrons. The van der Waals surface area contributed by atoms with Crippen molar-refractivity contribution in [3.8, 4) is 22.6 Å². The van der Waals surface area contributed by atoms with E-state index in [-0.39, 0.29) is 12.5 Å². The van der Waals surface area contributed by atoms with E-state index < -0.39 is 0 Å². The van der Waals surface area contributed by atoms with Crippen LogP contribution in [0.5, 0.6) is 11.5 Å². The van der Waals surface area contributed by atoms with Crippen LogP contribution in [-0.4, -0.2) is 29.1 Å². The second-order valence-electron chi connectivity index (χ2n) is 9.43. The third-order valence-electron chi connectivity index (χ3n) is 6.71. The highest BCUT2D eigenvalue weighted by atomic mass is 16.5. The van der Waals surface area contributed by atoms with Crippen molar-refractivity contribution < 1.29 is 14.3 Å². The molecule has 6 nitrogen and oxygen atoms in total. The fourth-order valence-corrected chi connectivity index (χ4v) is 4.63. The maximum absolute atomic E-state index is 12.7. The first-order valence-corrected chi connectivity index (χ1v) is 13.3. The number of carbonyl (C=O) groups excluding carboxylic acids is 1. The number of imidazole rings is 1. The number of carbonyl (C=O) groups is 1. The number of para-hydroxylation sites is 2. The Morgan fingerprint density at radius 3 is 2.44 bits per heavy atom. The lowest BCUT2D eigenvalue weighted by atomic mass is 10.0. The topological polar surface area (TPSA) is 65.4 Å². The van der Waals surface area contributed by atoms with Crippen molar-refractivity contribution in [2.75, 3.05) is 13.7 Å². The number of benzene rings is 4. The Morgan fingerprint density at radius 2 is 1.64 bits per heavy atom. The number of aromatic nitrogens is 2. The largest absolute Gasteiger partial charge is 0.493 e. The van der Waals surface area contributed by atoms with Crippen molar-refractivity contribution in [1.29, 1.82) is 0 Å². The van der Waals surface area contributed by atoms with Crippen molar-refractivity contribution in [3.05, 3.63) is 114 Å². The van der Waals surface area contributed by atoms with Gasteiger partial charge in [-0.1, -0.05) is 74.0 Å². The van der Waals surface area contributed by atoms with Crippen LogP contribution >= 0.6 is 0 Å². The van der Waals surface area contributed by atoms with Crippen LogP contribution in [0.4, 0.5) is 0 Å². The van der Waals surface area contributed by atoms with E-state index in [2.05, 4.69) is 65.3 Å². The fourth-order valence-electron chi connectivity index (χ4n) is 4.63. The number of fused-ring (bicyclic) bond motifs is 1. The Morgan fingerprint density at radius 1 is 0.872 bits per heavy atom. The Balaban J connectivity index is 1.48. The summed E-state index contributed by atoms with van der Waals surface area (Å²) in [5, 5.41) is 2.99. The molecule has 0 bridgehead atoms. The third-order valence-corrected chi connectivity index (χ3v) is 6.71. The summed E-state index contributed by atoms with van der Waals surface area (Å²) < 4.78 is 13.8. The van der Waals surface area contributed by atoms with Gasteiger partial charge in [-0.2, -0.15) is 0 Å². The van der Waals surface area contributed by atoms with E-state index in [0.29, 0.717) is 30.2 Å². The summed E-state index contributed by atoms with van der Waals surface area (Å²) in [4.78, 5) is 17.6. The van der Waals surface area contributed by atoms with Gasteiger partial charge in [-0.25, -0.2) is 4.98 Å². The van der Waals surface area contributed by atoms with Crippen LogP contribution in [0, 0.1) is 0 Å². The average molecular weight is 520 g/mol. The standard InChI is InChI=1S/C33H33N3O3/c1-3-4-19-34-33(37)27-17-18-29-28(21-27)35-32(23-39-31-16-9-8-15-30(31)38-2)36(29)22-24-11-10-14-26(20-24)25-12-6-5-7-13-25/h5-18,20-21H,3-4,19,22-23H2,1-2H3,(H,34,37). The molecule has 0 aliphatic heterocycles. The molecule has 0 aliphatic rings. The van der Waals surface area contributed by atoms with Gasteiger partial charge in [-0.05, 0) is 59.5 Å². The summed E-state index contributed by atoms with van der Waals surface area (Å²) in [6.07, 6.45) is 1.99. The second-order valence-corrected chi connectivity index (χ2v) is 9.43. The van der Waals surface area contributed by atoms with Crippen LogP contribution in [0.25, 0.3) is 22.2 Å². The van der Waals surface area contributed by atoms with Gasteiger partial charge in [0.2, 0.25) is 0 Å². The highest BCUT2D eigenvalue weighted by Crippen LogP contribution is 2.28. The van der Waals surface area contributed by atoms with E-state index in [1.165, 1.54) is 5.56 Å². The van der Waals surface area contributed by atoms with Crippen molar-refractivity contribution >= 4 is 16.9 Å². The summed E-state index contributed by atoms with van der Waals surface area (Å²) in [6.45, 7) is 3.64. The Labute approximate surface area is 229 Å². The highest BCUT2D eigenvalue weighted by molar-refractivity contribution is 5.97. The smallest absolute Gasteiger partial charge is 0.251 e. The number of hydrogen-bond acceptors (Lipinski definition) is 4. The van der Waals surface area contributed by atoms with E-state index in [4.69, 9.17) is 14.5 Å². The number of hydrogen-bond donors (Lipinski definition) is 1. The van der Waals surface area contributed by atoms with Crippen molar-refractivity contribution in [1.82, 2.24) is 14.9 Å². The minimum atomic E-state index is -0.0812. The van der Waals surface area contributed by atoms with Crippen LogP contribution in [0.1, 0.15) is 41.5 Å². The van der Waals surface area contributed by atoms with Crippen LogP contribution in [0.15, 0.2) is 97.1 Å². The maximum atomic E-state index is 12.7. The van der Waals surface area contributed by atoms with Gasteiger partial charge in [-0.3, -0.25) is 4.79 Å². The van der Waals surface area contributed by atoms with Crippen molar-refractivity contribution in [2.24, 2.45) is 0 Å². The van der Waals surface area contributed by atoms with E-state index in [0.717, 1.165) is 40.8 Å². The molecule has 1 heterocycles. The first-order valence-electron chi connectivity index (χ1n) is 13.3. The molecule has 4 aromatic carbocycles. The van der Waals surface area contributed by atoms with Gasteiger partial charge in [0.05, 0.1) is 18.1 Å². The van der Waals surface area contributed by atoms with E-state index >= 15 is 0 Å². The van der Waals surface area contributed by atoms with Gasteiger partial charge < -0.3 is 19.4 Å². The first-order chi connectivity index (χ1) is 19.2. The lowest BCUT2D eigenvalue weighted by molar-refractivity contribution is 0.0953. The molecule has 0 unspecified atom stereocenters. The maximum Gasteiger partial charge on any atom is 0.251 e. The van der Waals surface area contributed by atoms with Gasteiger partial charge >= 0.3 is 0 Å². The molecular weight excluding hydrogens is 486 g/mol. The molecule has 0 aliphatic carbocycles. The SMILES string of the molecule is CCCCNC(=O)c1ccc2c(c1)nc(COc1ccccc1OC)n2Cc1cccc(-c2ccccc2)c1. The first kappa shape index (κ1) is 26.0. The van der Waals surface area contributed by atoms with Gasteiger partial charge in [0, 0.05) is 18.7 Å². The molecule has 0 saturated heterocycles. The number of amides is 1. The molecule has 5 rings (SSSR count). The quantitative estimate of drug-likeness (QED) is 0.193. The Kier molecular flexibility index (Phi) is 8.22. The second kappa shape index (κ2) is 12.3. The number of ether oxygens (including phenoxy) is 2. The van der Waals surface area contributed by atoms with Crippen molar-refractivity contribution in [3.63, 3.8) is 0 Å². The molecular formula is C33H33N3O3. The van der Waals surface area contributed by atoms with Gasteiger partial charge in [0.25, 0.3) is 5.91 Å². The Hall–Kier alpha value is -4.58. The zero-order valence-corrected chi connectivity index (χ0v) is 22.4. The molecule has 6 heteroatoms. The van der Waals surface area contributed by atoms with Gasteiger partial charge in [-0.15, -0.1) is 0 Å². The summed E-state index contributed by atoms with van der Waals surface area (Å²) in [7, 11) is 1.63. The zero-order valence-electron chi connectivity index (χ0n) is 22.4. The molecule has 0 fully saturated rings. The van der Waals surface area contributed by atoms with E-state index in [1.807, 2.05) is 48.5 Å². The molecule has 1 N–H and O–H groups in total. The lowest BCUT2D eigenvalue weighted by Crippen LogP contribution is -2.24. The number of unbranched alkanes of at least 4 members (excludes halogenated alkanes) is 1. The molecule has 0 spiro atoms. The van der Waals surface area contributed by atoms with Crippen LogP contribution < -0.4 is 14.8 Å². The highest BCUT2D eigenvalue weighted by Gasteiger charge is 2.16. The molecule has 1 amide bonds. The summed E-state index contributed by atoms with van der Waals surface area (Å²) in [5.41, 5.74) is 5.80. The van der Waals surface area contributed by atoms with Crippen LogP contribution in [-0.2, 0) is 13.2 Å². The van der Waals surface area contributed by atoms with E-state index in [9.17, 15) is 4.79 Å². The number of rotatable bonds is 11. The molecule has 0 saturated carbocycles. The van der Waals surface area contributed by atoms with Gasteiger partial charge in [0.15, 0.2) is 11.5 Å². The van der Waals surface area contributed by atoms with Crippen LogP contribution in [0.3, 0.4) is 0 Å². The zero-order chi connectivity index (χ0) is 27.0. The number of nitrogens with zero attached hydrogens (tertiary/aromatic N) is 2. The normalized spacial score (nSPS) is 10.9. The molecule has 0 atom stereocenters. The summed E-state index contributed by atoms with van der Waals surface area (Å²) in [5.74, 6) is 2.01. The number of nitrogens with one attached hydrogen (secondary N) is 1. The molecule has 198 valence electrons. The lowest BCUT2D eigenvalue weighted by Gasteiger charge is -2.13. The van der Waals surface area contributed by atoms with E-state index in [1.54, 1.807) is 7.11 Å². The van der Waals surface area contributed by atoms with Crippen molar-refractivity contribution in [2.45, 2.75) is 32.9 Å². The predicted octanol–water partition coefficient (Wildman–Crippen LogP) is 6.87. The summed E-state index contributed by atoms with van der Waals surface area (Å²) in [6, 6.07) is 32.2. The fraction of sp³-hybridized carbons (Fsp3) is 0.212. The molecule has 39 heavy (non-hydrogen) atoms. The minimum absolute atomic E-state index is 0.0812. The monoisotopic (exact) mass is 519 g/mol. The van der Waals surface area contributed by atoms with Gasteiger partial charge in [0.1, 0.15) is 12.4 Å². The average Bonchev–Trinajstić information content (AvgIpc) is 3.33. The molecule has 1 aromatic heterocycles. The molecule has 5 aromatic rings. The minimum Gasteiger partial charge on any atom is -0.493 e. The third kappa shape index (κ3) is 6.12. The predicted molar refractivity (Wildman–Crippen MR) is 155 cm³/mol. The van der Waals surface area contributed by atoms with Crippen LogP contribution in [0.2, 0.25) is 0 Å². The Bertz CT molecular complexity index is 1560.